The molecule has 1 aromatic heterocycles. The van der Waals surface area contributed by atoms with Gasteiger partial charge >= 0.3 is 6.18 Å². The highest BCUT2D eigenvalue weighted by Gasteiger charge is 2.30. The molecule has 0 aliphatic heterocycles. The van der Waals surface area contributed by atoms with Gasteiger partial charge in [-0.15, -0.1) is 0 Å². The van der Waals surface area contributed by atoms with Crippen molar-refractivity contribution in [3.05, 3.63) is 59.9 Å². The second-order valence-corrected chi connectivity index (χ2v) is 4.23. The SMILES string of the molecule is CC(Nc1cccnc1)c1ccc(C(F)(F)F)cc1. The van der Waals surface area contributed by atoms with E-state index in [1.807, 2.05) is 13.0 Å². The molecule has 5 heteroatoms. The molecule has 0 amide bonds. The molecule has 1 heterocycles. The molecule has 1 atom stereocenters. The zero-order chi connectivity index (χ0) is 13.9. The van der Waals surface area contributed by atoms with E-state index in [9.17, 15) is 13.2 Å². The summed E-state index contributed by atoms with van der Waals surface area (Å²) in [7, 11) is 0. The van der Waals surface area contributed by atoms with Crippen molar-refractivity contribution in [2.75, 3.05) is 5.32 Å². The van der Waals surface area contributed by atoms with E-state index in [0.717, 1.165) is 23.4 Å². The summed E-state index contributed by atoms with van der Waals surface area (Å²) in [5, 5.41) is 3.17. The predicted molar refractivity (Wildman–Crippen MR) is 67.7 cm³/mol. The van der Waals surface area contributed by atoms with Crippen molar-refractivity contribution in [1.29, 1.82) is 0 Å². The van der Waals surface area contributed by atoms with Gasteiger partial charge < -0.3 is 5.32 Å². The Balaban J connectivity index is 2.10. The van der Waals surface area contributed by atoms with Crippen LogP contribution in [0.2, 0.25) is 0 Å². The molecule has 0 spiro atoms. The molecule has 2 aromatic rings. The Morgan fingerprint density at radius 1 is 1.11 bits per heavy atom. The van der Waals surface area contributed by atoms with Crippen LogP contribution >= 0.6 is 0 Å². The van der Waals surface area contributed by atoms with Gasteiger partial charge in [-0.1, -0.05) is 12.1 Å². The van der Waals surface area contributed by atoms with E-state index in [4.69, 9.17) is 0 Å². The van der Waals surface area contributed by atoms with Gasteiger partial charge in [0.1, 0.15) is 0 Å². The van der Waals surface area contributed by atoms with Crippen LogP contribution in [0.4, 0.5) is 18.9 Å². The number of aromatic nitrogens is 1. The van der Waals surface area contributed by atoms with Crippen molar-refractivity contribution in [1.82, 2.24) is 4.98 Å². The first-order valence-electron chi connectivity index (χ1n) is 5.80. The van der Waals surface area contributed by atoms with Crippen molar-refractivity contribution < 1.29 is 13.2 Å². The van der Waals surface area contributed by atoms with Crippen LogP contribution in [0.3, 0.4) is 0 Å². The molecule has 1 aromatic carbocycles. The lowest BCUT2D eigenvalue weighted by molar-refractivity contribution is -0.137. The van der Waals surface area contributed by atoms with E-state index in [0.29, 0.717) is 0 Å². The van der Waals surface area contributed by atoms with Crippen molar-refractivity contribution in [3.63, 3.8) is 0 Å². The number of rotatable bonds is 3. The number of pyridine rings is 1. The average molecular weight is 266 g/mol. The summed E-state index contributed by atoms with van der Waals surface area (Å²) in [4.78, 5) is 3.97. The van der Waals surface area contributed by atoms with Crippen LogP contribution in [-0.2, 0) is 6.18 Å². The Morgan fingerprint density at radius 3 is 2.32 bits per heavy atom. The fraction of sp³-hybridized carbons (Fsp3) is 0.214. The molecule has 0 saturated heterocycles. The Kier molecular flexibility index (Phi) is 3.74. The molecule has 0 radical (unpaired) electrons. The number of alkyl halides is 3. The molecule has 0 aliphatic carbocycles. The maximum absolute atomic E-state index is 12.4. The minimum absolute atomic E-state index is 0.0912. The van der Waals surface area contributed by atoms with Gasteiger partial charge in [0.05, 0.1) is 11.3 Å². The highest BCUT2D eigenvalue weighted by molar-refractivity contribution is 5.43. The number of anilines is 1. The summed E-state index contributed by atoms with van der Waals surface area (Å²) in [5.74, 6) is 0. The van der Waals surface area contributed by atoms with Crippen LogP contribution in [-0.4, -0.2) is 4.98 Å². The number of nitrogens with zero attached hydrogens (tertiary/aromatic N) is 1. The standard InChI is InChI=1S/C14H13F3N2/c1-10(19-13-3-2-8-18-9-13)11-4-6-12(7-5-11)14(15,16)17/h2-10,19H,1H3. The first-order valence-corrected chi connectivity index (χ1v) is 5.80. The minimum atomic E-state index is -4.29. The summed E-state index contributed by atoms with van der Waals surface area (Å²) < 4.78 is 37.3. The largest absolute Gasteiger partial charge is 0.416 e. The topological polar surface area (TPSA) is 24.9 Å². The first kappa shape index (κ1) is 13.4. The molecule has 0 bridgehead atoms. The van der Waals surface area contributed by atoms with E-state index in [-0.39, 0.29) is 6.04 Å². The highest BCUT2D eigenvalue weighted by Crippen LogP contribution is 2.30. The molecule has 1 unspecified atom stereocenters. The normalized spacial score (nSPS) is 13.1. The minimum Gasteiger partial charge on any atom is -0.377 e. The molecular formula is C14H13F3N2. The smallest absolute Gasteiger partial charge is 0.377 e. The second-order valence-electron chi connectivity index (χ2n) is 4.23. The maximum atomic E-state index is 12.4. The number of nitrogens with one attached hydrogen (secondary N) is 1. The van der Waals surface area contributed by atoms with E-state index in [2.05, 4.69) is 10.3 Å². The van der Waals surface area contributed by atoms with Crippen molar-refractivity contribution in [2.45, 2.75) is 19.1 Å². The lowest BCUT2D eigenvalue weighted by atomic mass is 10.1. The second kappa shape index (κ2) is 5.30. The van der Waals surface area contributed by atoms with E-state index in [1.54, 1.807) is 18.5 Å². The van der Waals surface area contributed by atoms with Gasteiger partial charge in [0.25, 0.3) is 0 Å². The molecule has 0 aliphatic rings. The third kappa shape index (κ3) is 3.47. The predicted octanol–water partition coefficient (Wildman–Crippen LogP) is 4.27. The van der Waals surface area contributed by atoms with Gasteiger partial charge in [-0.25, -0.2) is 0 Å². The van der Waals surface area contributed by atoms with Gasteiger partial charge in [-0.2, -0.15) is 13.2 Å². The Labute approximate surface area is 109 Å². The van der Waals surface area contributed by atoms with Gasteiger partial charge in [0.2, 0.25) is 0 Å². The van der Waals surface area contributed by atoms with Gasteiger partial charge in [0, 0.05) is 18.4 Å². The fourth-order valence-electron chi connectivity index (χ4n) is 1.74. The van der Waals surface area contributed by atoms with Gasteiger partial charge in [-0.3, -0.25) is 4.98 Å². The van der Waals surface area contributed by atoms with Crippen LogP contribution in [0.15, 0.2) is 48.8 Å². The summed E-state index contributed by atoms with van der Waals surface area (Å²) in [5.41, 5.74) is 0.983. The van der Waals surface area contributed by atoms with E-state index < -0.39 is 11.7 Å². The van der Waals surface area contributed by atoms with Crippen LogP contribution in [0.1, 0.15) is 24.1 Å². The number of hydrogen-bond acceptors (Lipinski definition) is 2. The van der Waals surface area contributed by atoms with E-state index in [1.165, 1.54) is 12.1 Å². The Hall–Kier alpha value is -2.04. The molecule has 0 fully saturated rings. The molecule has 100 valence electrons. The lowest BCUT2D eigenvalue weighted by Crippen LogP contribution is -2.08. The summed E-state index contributed by atoms with van der Waals surface area (Å²) in [6.45, 7) is 1.88. The number of hydrogen-bond donors (Lipinski definition) is 1. The zero-order valence-electron chi connectivity index (χ0n) is 10.3. The number of benzene rings is 1. The van der Waals surface area contributed by atoms with Crippen LogP contribution in [0.5, 0.6) is 0 Å². The summed E-state index contributed by atoms with van der Waals surface area (Å²) in [6.07, 6.45) is -0.965. The zero-order valence-corrected chi connectivity index (χ0v) is 10.3. The van der Waals surface area contributed by atoms with Gasteiger partial charge in [0.15, 0.2) is 0 Å². The molecule has 0 saturated carbocycles. The highest BCUT2D eigenvalue weighted by atomic mass is 19.4. The Morgan fingerprint density at radius 2 is 1.79 bits per heavy atom. The lowest BCUT2D eigenvalue weighted by Gasteiger charge is -2.16. The van der Waals surface area contributed by atoms with Crippen molar-refractivity contribution in [3.8, 4) is 0 Å². The maximum Gasteiger partial charge on any atom is 0.416 e. The molecule has 19 heavy (non-hydrogen) atoms. The molecular weight excluding hydrogens is 253 g/mol. The first-order chi connectivity index (χ1) is 8.97. The third-order valence-corrected chi connectivity index (χ3v) is 2.78. The molecule has 2 nitrogen and oxygen atoms in total. The average Bonchev–Trinajstić information content (AvgIpc) is 2.39. The molecule has 1 N–H and O–H groups in total. The third-order valence-electron chi connectivity index (χ3n) is 2.78. The quantitative estimate of drug-likeness (QED) is 0.897. The fourth-order valence-corrected chi connectivity index (χ4v) is 1.74. The Bertz CT molecular complexity index is 521. The summed E-state index contributed by atoms with van der Waals surface area (Å²) in [6, 6.07) is 8.71. The number of halogens is 3. The van der Waals surface area contributed by atoms with E-state index >= 15 is 0 Å². The van der Waals surface area contributed by atoms with Gasteiger partial charge in [-0.05, 0) is 36.8 Å². The van der Waals surface area contributed by atoms with Crippen molar-refractivity contribution >= 4 is 5.69 Å². The monoisotopic (exact) mass is 266 g/mol. The van der Waals surface area contributed by atoms with Crippen LogP contribution < -0.4 is 5.32 Å². The van der Waals surface area contributed by atoms with Crippen molar-refractivity contribution in [2.24, 2.45) is 0 Å². The van der Waals surface area contributed by atoms with Crippen LogP contribution in [0.25, 0.3) is 0 Å². The summed E-state index contributed by atoms with van der Waals surface area (Å²) >= 11 is 0. The molecule has 2 rings (SSSR count). The van der Waals surface area contributed by atoms with Crippen LogP contribution in [0, 0.1) is 0 Å².